The molecule has 1 amide bonds. The molecule has 2 fully saturated rings. The Bertz CT molecular complexity index is 251. The number of piperazine rings is 1. The summed E-state index contributed by atoms with van der Waals surface area (Å²) in [6.07, 6.45) is 6.86. The quantitative estimate of drug-likeness (QED) is 0.763. The van der Waals surface area contributed by atoms with Crippen LogP contribution in [0.5, 0.6) is 0 Å². The van der Waals surface area contributed by atoms with Gasteiger partial charge in [-0.3, -0.25) is 4.79 Å². The number of hydrogen-bond acceptors (Lipinski definition) is 3. The number of amides is 1. The lowest BCUT2D eigenvalue weighted by molar-refractivity contribution is -0.123. The smallest absolute Gasteiger partial charge is 0.221 e. The largest absolute Gasteiger partial charge is 0.353 e. The number of carbonyl (C=O) groups excluding carboxylic acids is 1. The van der Waals surface area contributed by atoms with Crippen molar-refractivity contribution in [2.75, 3.05) is 26.7 Å². The van der Waals surface area contributed by atoms with E-state index in [9.17, 15) is 4.79 Å². The van der Waals surface area contributed by atoms with Crippen molar-refractivity contribution < 1.29 is 4.79 Å². The summed E-state index contributed by atoms with van der Waals surface area (Å²) in [5.41, 5.74) is 0. The first-order valence-electron chi connectivity index (χ1n) is 6.96. The summed E-state index contributed by atoms with van der Waals surface area (Å²) in [6, 6.07) is 0.811. The monoisotopic (exact) mass is 239 g/mol. The summed E-state index contributed by atoms with van der Waals surface area (Å²) in [4.78, 5) is 14.2. The van der Waals surface area contributed by atoms with Crippen LogP contribution in [0.3, 0.4) is 0 Å². The third-order valence-electron chi connectivity index (χ3n) is 4.04. The van der Waals surface area contributed by atoms with E-state index in [4.69, 9.17) is 0 Å². The molecule has 0 aromatic carbocycles. The van der Waals surface area contributed by atoms with E-state index in [0.29, 0.717) is 18.5 Å². The van der Waals surface area contributed by atoms with Gasteiger partial charge < -0.3 is 15.5 Å². The van der Waals surface area contributed by atoms with E-state index < -0.39 is 0 Å². The van der Waals surface area contributed by atoms with Crippen LogP contribution >= 0.6 is 0 Å². The molecule has 4 heteroatoms. The summed E-state index contributed by atoms with van der Waals surface area (Å²) in [5.74, 6) is 0.234. The molecule has 0 aromatic rings. The molecule has 0 spiro atoms. The Morgan fingerprint density at radius 2 is 2.12 bits per heavy atom. The first kappa shape index (κ1) is 12.8. The molecular formula is C13H25N3O. The Morgan fingerprint density at radius 1 is 1.35 bits per heavy atom. The second kappa shape index (κ2) is 6.36. The van der Waals surface area contributed by atoms with Crippen LogP contribution in [0.1, 0.15) is 38.5 Å². The van der Waals surface area contributed by atoms with Gasteiger partial charge in [0, 0.05) is 38.1 Å². The highest BCUT2D eigenvalue weighted by Crippen LogP contribution is 2.17. The van der Waals surface area contributed by atoms with Crippen molar-refractivity contribution in [1.82, 2.24) is 15.5 Å². The fourth-order valence-electron chi connectivity index (χ4n) is 2.84. The van der Waals surface area contributed by atoms with E-state index in [1.807, 2.05) is 0 Å². The average molecular weight is 239 g/mol. The average Bonchev–Trinajstić information content (AvgIpc) is 2.33. The molecule has 4 nitrogen and oxygen atoms in total. The van der Waals surface area contributed by atoms with E-state index in [2.05, 4.69) is 22.6 Å². The standard InChI is InChI=1S/C13H25N3O/c1-16-8-7-14-10-12(16)9-13(17)15-11-5-3-2-4-6-11/h11-12,14H,2-10H2,1H3,(H,15,17). The Kier molecular flexibility index (Phi) is 4.80. The predicted molar refractivity (Wildman–Crippen MR) is 68.9 cm³/mol. The van der Waals surface area contributed by atoms with Crippen molar-refractivity contribution >= 4 is 5.91 Å². The zero-order valence-corrected chi connectivity index (χ0v) is 10.9. The van der Waals surface area contributed by atoms with Crippen LogP contribution in [0.15, 0.2) is 0 Å². The molecule has 1 saturated heterocycles. The molecule has 0 aromatic heterocycles. The lowest BCUT2D eigenvalue weighted by Crippen LogP contribution is -2.51. The molecule has 1 aliphatic heterocycles. The second-order valence-electron chi connectivity index (χ2n) is 5.45. The van der Waals surface area contributed by atoms with E-state index >= 15 is 0 Å². The van der Waals surface area contributed by atoms with Gasteiger partial charge in [0.15, 0.2) is 0 Å². The summed E-state index contributed by atoms with van der Waals surface area (Å²) in [7, 11) is 2.11. The molecular weight excluding hydrogens is 214 g/mol. The zero-order chi connectivity index (χ0) is 12.1. The Morgan fingerprint density at radius 3 is 2.82 bits per heavy atom. The minimum absolute atomic E-state index is 0.234. The SMILES string of the molecule is CN1CCNCC1CC(=O)NC1CCCCC1. The number of rotatable bonds is 3. The van der Waals surface area contributed by atoms with Gasteiger partial charge in [0.25, 0.3) is 0 Å². The van der Waals surface area contributed by atoms with Crippen molar-refractivity contribution in [2.45, 2.75) is 50.6 Å². The van der Waals surface area contributed by atoms with Gasteiger partial charge in [0.05, 0.1) is 0 Å². The predicted octanol–water partition coefficient (Wildman–Crippen LogP) is 0.729. The third kappa shape index (κ3) is 3.96. The number of hydrogen-bond donors (Lipinski definition) is 2. The minimum Gasteiger partial charge on any atom is -0.353 e. The van der Waals surface area contributed by atoms with Gasteiger partial charge in [-0.15, -0.1) is 0 Å². The van der Waals surface area contributed by atoms with E-state index in [0.717, 1.165) is 19.6 Å². The van der Waals surface area contributed by atoms with E-state index in [-0.39, 0.29) is 5.91 Å². The third-order valence-corrected chi connectivity index (χ3v) is 4.04. The summed E-state index contributed by atoms with van der Waals surface area (Å²) >= 11 is 0. The number of nitrogens with zero attached hydrogens (tertiary/aromatic N) is 1. The summed E-state index contributed by atoms with van der Waals surface area (Å²) in [5, 5.41) is 6.55. The van der Waals surface area contributed by atoms with Gasteiger partial charge in [-0.1, -0.05) is 19.3 Å². The van der Waals surface area contributed by atoms with Crippen LogP contribution < -0.4 is 10.6 Å². The molecule has 2 N–H and O–H groups in total. The van der Waals surface area contributed by atoms with E-state index in [1.54, 1.807) is 0 Å². The van der Waals surface area contributed by atoms with Crippen molar-refractivity contribution in [1.29, 1.82) is 0 Å². The van der Waals surface area contributed by atoms with Gasteiger partial charge in [0.2, 0.25) is 5.91 Å². The van der Waals surface area contributed by atoms with Crippen LogP contribution in [0, 0.1) is 0 Å². The number of nitrogens with one attached hydrogen (secondary N) is 2. The molecule has 1 atom stereocenters. The molecule has 0 bridgehead atoms. The van der Waals surface area contributed by atoms with Crippen molar-refractivity contribution in [3.8, 4) is 0 Å². The molecule has 2 rings (SSSR count). The minimum atomic E-state index is 0.234. The zero-order valence-electron chi connectivity index (χ0n) is 10.9. The second-order valence-corrected chi connectivity index (χ2v) is 5.45. The van der Waals surface area contributed by atoms with Crippen LogP contribution in [-0.4, -0.2) is 49.6 Å². The number of likely N-dealkylation sites (N-methyl/N-ethyl adjacent to an activating group) is 1. The lowest BCUT2D eigenvalue weighted by atomic mass is 9.95. The highest BCUT2D eigenvalue weighted by Gasteiger charge is 2.23. The molecule has 1 heterocycles. The molecule has 2 aliphatic rings. The fourth-order valence-corrected chi connectivity index (χ4v) is 2.84. The molecule has 0 radical (unpaired) electrons. The maximum absolute atomic E-state index is 12.0. The Hall–Kier alpha value is -0.610. The summed E-state index contributed by atoms with van der Waals surface area (Å²) in [6.45, 7) is 3.02. The Labute approximate surface area is 104 Å². The summed E-state index contributed by atoms with van der Waals surface area (Å²) < 4.78 is 0. The topological polar surface area (TPSA) is 44.4 Å². The van der Waals surface area contributed by atoms with Crippen LogP contribution in [0.4, 0.5) is 0 Å². The maximum Gasteiger partial charge on any atom is 0.221 e. The molecule has 1 saturated carbocycles. The lowest BCUT2D eigenvalue weighted by Gasteiger charge is -2.33. The molecule has 1 aliphatic carbocycles. The Balaban J connectivity index is 1.72. The van der Waals surface area contributed by atoms with Crippen LogP contribution in [0.25, 0.3) is 0 Å². The highest BCUT2D eigenvalue weighted by atomic mass is 16.1. The van der Waals surface area contributed by atoms with Crippen molar-refractivity contribution in [2.24, 2.45) is 0 Å². The van der Waals surface area contributed by atoms with E-state index in [1.165, 1.54) is 32.1 Å². The molecule has 1 unspecified atom stereocenters. The van der Waals surface area contributed by atoms with Gasteiger partial charge >= 0.3 is 0 Å². The van der Waals surface area contributed by atoms with Crippen molar-refractivity contribution in [3.05, 3.63) is 0 Å². The fraction of sp³-hybridized carbons (Fsp3) is 0.923. The number of carbonyl (C=O) groups is 1. The van der Waals surface area contributed by atoms with Crippen molar-refractivity contribution in [3.63, 3.8) is 0 Å². The van der Waals surface area contributed by atoms with Crippen LogP contribution in [-0.2, 0) is 4.79 Å². The van der Waals surface area contributed by atoms with Gasteiger partial charge in [0.1, 0.15) is 0 Å². The van der Waals surface area contributed by atoms with Crippen LogP contribution in [0.2, 0.25) is 0 Å². The van der Waals surface area contributed by atoms with Gasteiger partial charge in [-0.2, -0.15) is 0 Å². The maximum atomic E-state index is 12.0. The molecule has 98 valence electrons. The normalized spacial score (nSPS) is 27.9. The van der Waals surface area contributed by atoms with Gasteiger partial charge in [-0.05, 0) is 19.9 Å². The molecule has 17 heavy (non-hydrogen) atoms. The van der Waals surface area contributed by atoms with Gasteiger partial charge in [-0.25, -0.2) is 0 Å². The first-order valence-corrected chi connectivity index (χ1v) is 6.96. The first-order chi connectivity index (χ1) is 8.25. The highest BCUT2D eigenvalue weighted by molar-refractivity contribution is 5.77.